The summed E-state index contributed by atoms with van der Waals surface area (Å²) in [7, 11) is 0. The topological polar surface area (TPSA) is 57.5 Å². The first-order valence-corrected chi connectivity index (χ1v) is 7.36. The molecule has 0 bridgehead atoms. The highest BCUT2D eigenvalue weighted by Crippen LogP contribution is 2.36. The molecule has 1 aliphatic heterocycles. The first kappa shape index (κ1) is 15.5. The van der Waals surface area contributed by atoms with Crippen molar-refractivity contribution < 1.29 is 23.0 Å². The predicted octanol–water partition coefficient (Wildman–Crippen LogP) is 2.80. The Hall–Kier alpha value is -2.44. The molecule has 5 nitrogen and oxygen atoms in total. The number of carbonyl (C=O) groups excluding carboxylic acids is 1. The zero-order valence-corrected chi connectivity index (χ0v) is 12.7. The number of esters is 1. The van der Waals surface area contributed by atoms with Crippen LogP contribution in [0, 0.1) is 11.6 Å². The molecular weight excluding hydrogens is 308 g/mol. The van der Waals surface area contributed by atoms with Crippen molar-refractivity contribution in [1.82, 2.24) is 4.57 Å². The summed E-state index contributed by atoms with van der Waals surface area (Å²) in [6.45, 7) is 3.76. The Kier molecular flexibility index (Phi) is 3.79. The van der Waals surface area contributed by atoms with E-state index in [1.807, 2.05) is 6.92 Å². The number of aromatic nitrogens is 1. The molecule has 0 saturated carbocycles. The highest BCUT2D eigenvalue weighted by Gasteiger charge is 2.29. The van der Waals surface area contributed by atoms with Gasteiger partial charge in [0.25, 0.3) is 0 Å². The number of rotatable bonds is 3. The Balaban J connectivity index is 2.41. The lowest BCUT2D eigenvalue weighted by atomic mass is 10.1. The second kappa shape index (κ2) is 5.64. The molecule has 2 heterocycles. The van der Waals surface area contributed by atoms with E-state index in [1.165, 1.54) is 6.20 Å². The lowest BCUT2D eigenvalue weighted by Gasteiger charge is -2.28. The number of halogens is 2. The maximum Gasteiger partial charge on any atom is 0.343 e. The Morgan fingerprint density at radius 1 is 1.43 bits per heavy atom. The molecule has 0 saturated heterocycles. The fourth-order valence-corrected chi connectivity index (χ4v) is 2.78. The van der Waals surface area contributed by atoms with Gasteiger partial charge in [0.2, 0.25) is 11.2 Å². The summed E-state index contributed by atoms with van der Waals surface area (Å²) in [5.41, 5.74) is -0.730. The van der Waals surface area contributed by atoms with Crippen molar-refractivity contribution in [1.29, 1.82) is 0 Å². The molecule has 1 aromatic heterocycles. The minimum Gasteiger partial charge on any atom is -0.486 e. The molecule has 0 radical (unpaired) electrons. The molecule has 23 heavy (non-hydrogen) atoms. The SMILES string of the molecule is CCOC(=O)c1cn2c3c(c(F)c(F)cc3c1=O)OCC2CC. The van der Waals surface area contributed by atoms with Crippen LogP contribution in [0.2, 0.25) is 0 Å². The van der Waals surface area contributed by atoms with E-state index in [0.717, 1.165) is 6.07 Å². The van der Waals surface area contributed by atoms with E-state index in [0.29, 0.717) is 6.42 Å². The van der Waals surface area contributed by atoms with Gasteiger partial charge in [-0.15, -0.1) is 0 Å². The number of ether oxygens (including phenoxy) is 2. The van der Waals surface area contributed by atoms with Crippen molar-refractivity contribution in [3.8, 4) is 5.75 Å². The fourth-order valence-electron chi connectivity index (χ4n) is 2.78. The Morgan fingerprint density at radius 3 is 2.83 bits per heavy atom. The summed E-state index contributed by atoms with van der Waals surface area (Å²) in [5.74, 6) is -3.40. The third-order valence-corrected chi connectivity index (χ3v) is 3.95. The number of benzene rings is 1. The number of hydrogen-bond donors (Lipinski definition) is 0. The molecule has 122 valence electrons. The van der Waals surface area contributed by atoms with Crippen molar-refractivity contribution in [3.05, 3.63) is 39.7 Å². The fraction of sp³-hybridized carbons (Fsp3) is 0.375. The van der Waals surface area contributed by atoms with Gasteiger partial charge in [-0.1, -0.05) is 6.92 Å². The lowest BCUT2D eigenvalue weighted by Crippen LogP contribution is -2.28. The van der Waals surface area contributed by atoms with Gasteiger partial charge in [0.15, 0.2) is 11.6 Å². The van der Waals surface area contributed by atoms with E-state index in [4.69, 9.17) is 9.47 Å². The maximum absolute atomic E-state index is 14.0. The molecule has 0 amide bonds. The van der Waals surface area contributed by atoms with Gasteiger partial charge in [-0.3, -0.25) is 4.79 Å². The predicted molar refractivity (Wildman–Crippen MR) is 78.9 cm³/mol. The summed E-state index contributed by atoms with van der Waals surface area (Å²) >= 11 is 0. The van der Waals surface area contributed by atoms with Gasteiger partial charge in [-0.2, -0.15) is 4.39 Å². The van der Waals surface area contributed by atoms with Crippen LogP contribution in [0.1, 0.15) is 36.7 Å². The van der Waals surface area contributed by atoms with Crippen LogP contribution in [0.4, 0.5) is 8.78 Å². The van der Waals surface area contributed by atoms with E-state index < -0.39 is 23.0 Å². The molecule has 0 N–H and O–H groups in total. The van der Waals surface area contributed by atoms with Crippen LogP contribution in [0.15, 0.2) is 17.1 Å². The Bertz CT molecular complexity index is 860. The van der Waals surface area contributed by atoms with E-state index in [2.05, 4.69) is 0 Å². The molecule has 0 fully saturated rings. The van der Waals surface area contributed by atoms with Gasteiger partial charge in [-0.25, -0.2) is 9.18 Å². The second-order valence-electron chi connectivity index (χ2n) is 5.27. The van der Waals surface area contributed by atoms with Crippen molar-refractivity contribution in [2.24, 2.45) is 0 Å². The Morgan fingerprint density at radius 2 is 2.17 bits per heavy atom. The molecule has 1 unspecified atom stereocenters. The van der Waals surface area contributed by atoms with Crippen LogP contribution in [0.3, 0.4) is 0 Å². The zero-order chi connectivity index (χ0) is 16.7. The van der Waals surface area contributed by atoms with E-state index in [9.17, 15) is 18.4 Å². The zero-order valence-electron chi connectivity index (χ0n) is 12.7. The Labute approximate surface area is 130 Å². The quantitative estimate of drug-likeness (QED) is 0.815. The molecule has 7 heteroatoms. The van der Waals surface area contributed by atoms with Gasteiger partial charge >= 0.3 is 5.97 Å². The van der Waals surface area contributed by atoms with Crippen molar-refractivity contribution in [2.45, 2.75) is 26.3 Å². The molecule has 0 spiro atoms. The highest BCUT2D eigenvalue weighted by atomic mass is 19.2. The molecule has 2 aromatic rings. The summed E-state index contributed by atoms with van der Waals surface area (Å²) in [6.07, 6.45) is 1.98. The number of pyridine rings is 1. The first-order valence-electron chi connectivity index (χ1n) is 7.36. The van der Waals surface area contributed by atoms with Gasteiger partial charge < -0.3 is 14.0 Å². The van der Waals surface area contributed by atoms with Crippen molar-refractivity contribution in [2.75, 3.05) is 13.2 Å². The van der Waals surface area contributed by atoms with Crippen molar-refractivity contribution >= 4 is 16.9 Å². The molecule has 1 atom stereocenters. The van der Waals surface area contributed by atoms with E-state index >= 15 is 0 Å². The normalized spacial score (nSPS) is 16.3. The average molecular weight is 323 g/mol. The van der Waals surface area contributed by atoms with Crippen molar-refractivity contribution in [3.63, 3.8) is 0 Å². The largest absolute Gasteiger partial charge is 0.486 e. The molecule has 0 aliphatic carbocycles. The third kappa shape index (κ3) is 2.27. The molecular formula is C16H15F2NO4. The van der Waals surface area contributed by atoms with E-state index in [-0.39, 0.29) is 41.5 Å². The number of carbonyl (C=O) groups is 1. The van der Waals surface area contributed by atoms with Crippen LogP contribution >= 0.6 is 0 Å². The van der Waals surface area contributed by atoms with Crippen LogP contribution in [0.5, 0.6) is 5.75 Å². The summed E-state index contributed by atoms with van der Waals surface area (Å²) in [6, 6.07) is 0.612. The number of nitrogens with zero attached hydrogens (tertiary/aromatic N) is 1. The molecule has 1 aromatic carbocycles. The van der Waals surface area contributed by atoms with Gasteiger partial charge in [-0.05, 0) is 19.4 Å². The average Bonchev–Trinajstić information content (AvgIpc) is 2.54. The van der Waals surface area contributed by atoms with Gasteiger partial charge in [0, 0.05) is 6.20 Å². The smallest absolute Gasteiger partial charge is 0.343 e. The highest BCUT2D eigenvalue weighted by molar-refractivity contribution is 5.95. The third-order valence-electron chi connectivity index (χ3n) is 3.95. The maximum atomic E-state index is 14.0. The summed E-state index contributed by atoms with van der Waals surface area (Å²) < 4.78 is 39.6. The van der Waals surface area contributed by atoms with Crippen LogP contribution < -0.4 is 10.2 Å². The lowest BCUT2D eigenvalue weighted by molar-refractivity contribution is 0.0523. The summed E-state index contributed by atoms with van der Waals surface area (Å²) in [4.78, 5) is 24.5. The van der Waals surface area contributed by atoms with Crippen LogP contribution in [-0.2, 0) is 4.74 Å². The second-order valence-corrected chi connectivity index (χ2v) is 5.27. The standard InChI is InChI=1S/C16H15F2NO4/c1-3-8-7-23-15-12(18)11(17)5-9-13(15)19(8)6-10(14(9)20)16(21)22-4-2/h5-6,8H,3-4,7H2,1-2H3. The van der Waals surface area contributed by atoms with Crippen LogP contribution in [0.25, 0.3) is 10.9 Å². The van der Waals surface area contributed by atoms with E-state index in [1.54, 1.807) is 11.5 Å². The molecule has 1 aliphatic rings. The van der Waals surface area contributed by atoms with Gasteiger partial charge in [0.05, 0.1) is 23.6 Å². The molecule has 3 rings (SSSR count). The summed E-state index contributed by atoms with van der Waals surface area (Å²) in [5, 5.41) is -0.0948. The minimum absolute atomic E-state index is 0.0948. The monoisotopic (exact) mass is 323 g/mol. The first-order chi connectivity index (χ1) is 11.0. The van der Waals surface area contributed by atoms with Crippen LogP contribution in [-0.4, -0.2) is 23.8 Å². The van der Waals surface area contributed by atoms with Gasteiger partial charge in [0.1, 0.15) is 12.2 Å². The minimum atomic E-state index is -1.19. The number of hydrogen-bond acceptors (Lipinski definition) is 4.